The number of aryl methyl sites for hydroxylation is 1. The fourth-order valence-corrected chi connectivity index (χ4v) is 0.763. The molecular formula is C5H5ClFNO. The highest BCUT2D eigenvalue weighted by atomic mass is 35.5. The summed E-state index contributed by atoms with van der Waals surface area (Å²) < 4.78 is 16.5. The van der Waals surface area contributed by atoms with Gasteiger partial charge in [0.1, 0.15) is 5.76 Å². The Balaban J connectivity index is 3.01. The van der Waals surface area contributed by atoms with E-state index in [-0.39, 0.29) is 5.15 Å². The van der Waals surface area contributed by atoms with E-state index in [0.29, 0.717) is 12.2 Å². The van der Waals surface area contributed by atoms with Crippen molar-refractivity contribution in [1.29, 1.82) is 0 Å². The standard InChI is InChI=1S/C5H5ClFNO/c1-2-3-4(6)8-5(7)9-3/h2H2,1H3. The van der Waals surface area contributed by atoms with Crippen LogP contribution in [0.5, 0.6) is 0 Å². The minimum atomic E-state index is -0.864. The Kier molecular flexibility index (Phi) is 1.71. The van der Waals surface area contributed by atoms with Crippen molar-refractivity contribution in [2.24, 2.45) is 0 Å². The average Bonchev–Trinajstić information content (AvgIpc) is 2.10. The van der Waals surface area contributed by atoms with Crippen LogP contribution in [-0.4, -0.2) is 4.98 Å². The van der Waals surface area contributed by atoms with Crippen LogP contribution in [0, 0.1) is 6.14 Å². The first-order chi connectivity index (χ1) is 4.24. The van der Waals surface area contributed by atoms with Gasteiger partial charge in [0.2, 0.25) is 0 Å². The first-order valence-corrected chi connectivity index (χ1v) is 2.92. The van der Waals surface area contributed by atoms with Crippen LogP contribution in [0.3, 0.4) is 0 Å². The monoisotopic (exact) mass is 149 g/mol. The van der Waals surface area contributed by atoms with E-state index in [9.17, 15) is 4.39 Å². The molecule has 0 unspecified atom stereocenters. The molecule has 0 aliphatic heterocycles. The second kappa shape index (κ2) is 2.35. The van der Waals surface area contributed by atoms with Gasteiger partial charge in [0.25, 0.3) is 0 Å². The smallest absolute Gasteiger partial charge is 0.383 e. The third-order valence-corrected chi connectivity index (χ3v) is 1.24. The van der Waals surface area contributed by atoms with E-state index in [1.165, 1.54) is 0 Å². The number of nitrogens with zero attached hydrogens (tertiary/aromatic N) is 1. The Morgan fingerprint density at radius 1 is 1.78 bits per heavy atom. The Morgan fingerprint density at radius 3 is 2.67 bits per heavy atom. The summed E-state index contributed by atoms with van der Waals surface area (Å²) >= 11 is 5.40. The number of hydrogen-bond acceptors (Lipinski definition) is 2. The lowest BCUT2D eigenvalue weighted by Gasteiger charge is -1.82. The highest BCUT2D eigenvalue weighted by Gasteiger charge is 2.06. The molecule has 0 spiro atoms. The number of aromatic nitrogens is 1. The van der Waals surface area contributed by atoms with Crippen molar-refractivity contribution in [3.8, 4) is 0 Å². The quantitative estimate of drug-likeness (QED) is 0.611. The molecule has 0 amide bonds. The number of halogens is 2. The van der Waals surface area contributed by atoms with Crippen molar-refractivity contribution in [2.45, 2.75) is 13.3 Å². The minimum Gasteiger partial charge on any atom is -0.418 e. The molecule has 0 aliphatic carbocycles. The van der Waals surface area contributed by atoms with Crippen molar-refractivity contribution in [2.75, 3.05) is 0 Å². The van der Waals surface area contributed by atoms with Gasteiger partial charge in [-0.15, -0.1) is 4.39 Å². The van der Waals surface area contributed by atoms with Crippen LogP contribution in [-0.2, 0) is 6.42 Å². The third kappa shape index (κ3) is 1.21. The molecule has 0 N–H and O–H groups in total. The van der Waals surface area contributed by atoms with Gasteiger partial charge >= 0.3 is 6.14 Å². The van der Waals surface area contributed by atoms with Crippen LogP contribution < -0.4 is 0 Å². The van der Waals surface area contributed by atoms with Gasteiger partial charge in [-0.05, 0) is 0 Å². The van der Waals surface area contributed by atoms with Crippen molar-refractivity contribution in [3.63, 3.8) is 0 Å². The Labute approximate surface area is 56.6 Å². The van der Waals surface area contributed by atoms with Gasteiger partial charge in [0.05, 0.1) is 0 Å². The molecule has 0 saturated heterocycles. The molecule has 4 heteroatoms. The molecule has 0 aliphatic rings. The van der Waals surface area contributed by atoms with Crippen LogP contribution in [0.15, 0.2) is 4.42 Å². The summed E-state index contributed by atoms with van der Waals surface area (Å²) in [5, 5.41) is 0.120. The van der Waals surface area contributed by atoms with Gasteiger partial charge < -0.3 is 4.42 Å². The summed E-state index contributed by atoms with van der Waals surface area (Å²) in [7, 11) is 0. The van der Waals surface area contributed by atoms with Crippen LogP contribution >= 0.6 is 11.6 Å². The van der Waals surface area contributed by atoms with Crippen molar-refractivity contribution in [1.82, 2.24) is 4.98 Å². The molecule has 0 radical (unpaired) electrons. The Morgan fingerprint density at radius 2 is 2.44 bits per heavy atom. The maximum atomic E-state index is 12.0. The molecule has 0 atom stereocenters. The minimum absolute atomic E-state index is 0.120. The molecule has 0 saturated carbocycles. The van der Waals surface area contributed by atoms with E-state index in [4.69, 9.17) is 11.6 Å². The Hall–Kier alpha value is -0.570. The predicted molar refractivity (Wildman–Crippen MR) is 30.8 cm³/mol. The van der Waals surface area contributed by atoms with Gasteiger partial charge in [0, 0.05) is 6.42 Å². The van der Waals surface area contributed by atoms with E-state index in [2.05, 4.69) is 9.40 Å². The van der Waals surface area contributed by atoms with Crippen LogP contribution in [0.25, 0.3) is 0 Å². The van der Waals surface area contributed by atoms with E-state index in [0.717, 1.165) is 0 Å². The zero-order chi connectivity index (χ0) is 6.85. The van der Waals surface area contributed by atoms with Crippen LogP contribution in [0.2, 0.25) is 5.15 Å². The van der Waals surface area contributed by atoms with Crippen molar-refractivity contribution >= 4 is 11.6 Å². The fourth-order valence-electron chi connectivity index (χ4n) is 0.524. The highest BCUT2D eigenvalue weighted by Crippen LogP contribution is 2.15. The maximum Gasteiger partial charge on any atom is 0.383 e. The molecule has 50 valence electrons. The third-order valence-electron chi connectivity index (χ3n) is 0.945. The SMILES string of the molecule is CCc1oc(F)nc1Cl. The highest BCUT2D eigenvalue weighted by molar-refractivity contribution is 6.29. The first kappa shape index (κ1) is 6.55. The fraction of sp³-hybridized carbons (Fsp3) is 0.400. The average molecular weight is 150 g/mol. The molecule has 0 bridgehead atoms. The van der Waals surface area contributed by atoms with E-state index in [1.807, 2.05) is 6.92 Å². The van der Waals surface area contributed by atoms with Crippen LogP contribution in [0.4, 0.5) is 4.39 Å². The maximum absolute atomic E-state index is 12.0. The van der Waals surface area contributed by atoms with E-state index >= 15 is 0 Å². The van der Waals surface area contributed by atoms with Gasteiger partial charge in [-0.25, -0.2) is 0 Å². The first-order valence-electron chi connectivity index (χ1n) is 2.54. The summed E-state index contributed by atoms with van der Waals surface area (Å²) in [5.74, 6) is 0.397. The summed E-state index contributed by atoms with van der Waals surface area (Å²) in [4.78, 5) is 3.21. The number of oxazole rings is 1. The summed E-state index contributed by atoms with van der Waals surface area (Å²) in [5.41, 5.74) is 0. The second-order valence-corrected chi connectivity index (χ2v) is 1.89. The summed E-state index contributed by atoms with van der Waals surface area (Å²) in [6.45, 7) is 1.81. The normalized spacial score (nSPS) is 10.1. The number of hydrogen-bond donors (Lipinski definition) is 0. The van der Waals surface area contributed by atoms with Crippen molar-refractivity contribution < 1.29 is 8.81 Å². The lowest BCUT2D eigenvalue weighted by Crippen LogP contribution is -1.72. The zero-order valence-corrected chi connectivity index (χ0v) is 5.57. The molecule has 1 aromatic heterocycles. The van der Waals surface area contributed by atoms with E-state index < -0.39 is 6.14 Å². The number of rotatable bonds is 1. The molecule has 1 aromatic rings. The molecule has 2 nitrogen and oxygen atoms in total. The van der Waals surface area contributed by atoms with Gasteiger partial charge in [-0.3, -0.25) is 0 Å². The Bertz CT molecular complexity index is 211. The largest absolute Gasteiger partial charge is 0.418 e. The lowest BCUT2D eigenvalue weighted by atomic mass is 10.4. The molecule has 0 aromatic carbocycles. The topological polar surface area (TPSA) is 26.0 Å². The van der Waals surface area contributed by atoms with Gasteiger partial charge in [-0.2, -0.15) is 4.98 Å². The van der Waals surface area contributed by atoms with Crippen molar-refractivity contribution in [3.05, 3.63) is 17.1 Å². The lowest BCUT2D eigenvalue weighted by molar-refractivity contribution is 0.319. The molecule has 1 rings (SSSR count). The van der Waals surface area contributed by atoms with Crippen LogP contribution in [0.1, 0.15) is 12.7 Å². The van der Waals surface area contributed by atoms with E-state index in [1.54, 1.807) is 0 Å². The predicted octanol–water partition coefficient (Wildman–Crippen LogP) is 2.03. The molecule has 9 heavy (non-hydrogen) atoms. The molecule has 0 fully saturated rings. The van der Waals surface area contributed by atoms with Gasteiger partial charge in [-0.1, -0.05) is 18.5 Å². The zero-order valence-electron chi connectivity index (χ0n) is 4.82. The van der Waals surface area contributed by atoms with Gasteiger partial charge in [0.15, 0.2) is 5.15 Å². The molecule has 1 heterocycles. The molecular weight excluding hydrogens is 145 g/mol. The summed E-state index contributed by atoms with van der Waals surface area (Å²) in [6, 6.07) is 0. The second-order valence-electron chi connectivity index (χ2n) is 1.53. The summed E-state index contributed by atoms with van der Waals surface area (Å²) in [6.07, 6.45) is -0.299.